The van der Waals surface area contributed by atoms with E-state index in [0.717, 1.165) is 4.90 Å². The number of nitrogens with zero attached hydrogens (tertiary/aromatic N) is 2. The Morgan fingerprint density at radius 1 is 1.33 bits per heavy atom. The second-order valence-corrected chi connectivity index (χ2v) is 8.26. The minimum absolute atomic E-state index is 0.0153. The minimum atomic E-state index is -3.23. The molecule has 0 aromatic heterocycles. The molecule has 21 heavy (non-hydrogen) atoms. The van der Waals surface area contributed by atoms with Gasteiger partial charge in [-0.15, -0.1) is 0 Å². The maximum atomic E-state index is 12.3. The van der Waals surface area contributed by atoms with Crippen molar-refractivity contribution in [2.24, 2.45) is 0 Å². The third-order valence-corrected chi connectivity index (χ3v) is 4.90. The molecule has 1 atom stereocenters. The normalized spacial score (nSPS) is 21.0. The molecule has 0 aliphatic carbocycles. The summed E-state index contributed by atoms with van der Waals surface area (Å²) >= 11 is 0. The predicted octanol–water partition coefficient (Wildman–Crippen LogP) is -0.617. The average Bonchev–Trinajstić information content (AvgIpc) is 2.63. The first-order valence-electron chi connectivity index (χ1n) is 6.57. The van der Waals surface area contributed by atoms with E-state index in [-0.39, 0.29) is 24.5 Å². The summed E-state index contributed by atoms with van der Waals surface area (Å²) in [6.07, 6.45) is 0.234. The highest BCUT2D eigenvalue weighted by Crippen LogP contribution is 2.19. The van der Waals surface area contributed by atoms with E-state index in [1.165, 1.54) is 25.8 Å². The van der Waals surface area contributed by atoms with Gasteiger partial charge in [0.1, 0.15) is 6.54 Å². The monoisotopic (exact) mass is 322 g/mol. The topological polar surface area (TPSA) is 115 Å². The molecule has 0 spiro atoms. The number of hydrogen-bond acceptors (Lipinski definition) is 5. The van der Waals surface area contributed by atoms with Crippen LogP contribution in [0.5, 0.6) is 0 Å². The third kappa shape index (κ3) is 5.50. The summed E-state index contributed by atoms with van der Waals surface area (Å²) in [7, 11) is -1.78. The molecule has 1 rings (SSSR count). The van der Waals surface area contributed by atoms with Crippen molar-refractivity contribution in [1.29, 1.82) is 0 Å². The lowest BCUT2D eigenvalue weighted by molar-refractivity contribution is -0.138. The Bertz CT molecular complexity index is 510. The highest BCUT2D eigenvalue weighted by atomic mass is 32.2. The van der Waals surface area contributed by atoms with Crippen LogP contribution in [0.1, 0.15) is 20.3 Å². The zero-order chi connectivity index (χ0) is 16.4. The molecular weight excluding hydrogens is 300 g/mol. The number of sulfone groups is 1. The number of hydrogen-bond donors (Lipinski definition) is 2. The highest BCUT2D eigenvalue weighted by Gasteiger charge is 2.37. The Labute approximate surface area is 124 Å². The van der Waals surface area contributed by atoms with Gasteiger partial charge in [-0.2, -0.15) is 0 Å². The number of carboxylic acids is 1. The lowest BCUT2D eigenvalue weighted by atomic mass is 10.1. The molecule has 122 valence electrons. The van der Waals surface area contributed by atoms with E-state index in [9.17, 15) is 23.1 Å². The largest absolute Gasteiger partial charge is 0.480 e. The third-order valence-electron chi connectivity index (χ3n) is 3.15. The maximum absolute atomic E-state index is 12.3. The fourth-order valence-electron chi connectivity index (χ4n) is 2.39. The number of amides is 2. The zero-order valence-electron chi connectivity index (χ0n) is 12.4. The number of rotatable bonds is 5. The minimum Gasteiger partial charge on any atom is -0.480 e. The van der Waals surface area contributed by atoms with Crippen molar-refractivity contribution in [3.05, 3.63) is 0 Å². The molecule has 2 N–H and O–H groups in total. The lowest BCUT2D eigenvalue weighted by Crippen LogP contribution is -2.52. The van der Waals surface area contributed by atoms with Gasteiger partial charge in [0.15, 0.2) is 9.84 Å². The van der Waals surface area contributed by atoms with E-state index in [4.69, 9.17) is 5.11 Å². The molecule has 1 heterocycles. The van der Waals surface area contributed by atoms with E-state index in [1.807, 2.05) is 0 Å². The van der Waals surface area contributed by atoms with Gasteiger partial charge in [0.25, 0.3) is 0 Å². The second kappa shape index (κ2) is 6.18. The molecule has 0 bridgehead atoms. The number of urea groups is 1. The Hall–Kier alpha value is -1.35. The number of carboxylic acid groups (broad SMARTS) is 1. The van der Waals surface area contributed by atoms with Crippen molar-refractivity contribution in [3.63, 3.8) is 0 Å². The Kier molecular flexibility index (Phi) is 5.21. The van der Waals surface area contributed by atoms with Crippen molar-refractivity contribution in [2.45, 2.75) is 31.9 Å². The molecule has 8 nitrogen and oxygen atoms in total. The van der Waals surface area contributed by atoms with Crippen molar-refractivity contribution >= 4 is 21.8 Å². The van der Waals surface area contributed by atoms with Crippen LogP contribution in [0.15, 0.2) is 0 Å². The van der Waals surface area contributed by atoms with Crippen LogP contribution >= 0.6 is 0 Å². The number of carbonyl (C=O) groups excluding carboxylic acids is 1. The van der Waals surface area contributed by atoms with Crippen LogP contribution in [0.3, 0.4) is 0 Å². The van der Waals surface area contributed by atoms with Crippen molar-refractivity contribution in [1.82, 2.24) is 9.80 Å². The summed E-state index contributed by atoms with van der Waals surface area (Å²) in [5, 5.41) is 18.7. The maximum Gasteiger partial charge on any atom is 0.323 e. The molecule has 0 saturated carbocycles. The highest BCUT2D eigenvalue weighted by molar-refractivity contribution is 7.91. The van der Waals surface area contributed by atoms with Crippen LogP contribution in [-0.2, 0) is 14.6 Å². The molecule has 0 aromatic rings. The van der Waals surface area contributed by atoms with Crippen LogP contribution in [0, 0.1) is 0 Å². The van der Waals surface area contributed by atoms with Crippen LogP contribution in [0.25, 0.3) is 0 Å². The van der Waals surface area contributed by atoms with Gasteiger partial charge in [-0.1, -0.05) is 0 Å². The summed E-state index contributed by atoms with van der Waals surface area (Å²) in [5.74, 6) is -1.47. The molecule has 2 amide bonds. The number of aliphatic hydroxyl groups is 1. The smallest absolute Gasteiger partial charge is 0.323 e. The standard InChI is InChI=1S/C12H22N2O6S/c1-12(2,18)8-13(3)11(17)14(6-10(15)16)9-4-5-21(19,20)7-9/h9,18H,4-8H2,1-3H3,(H,15,16). The molecule has 1 fully saturated rings. The fourth-order valence-corrected chi connectivity index (χ4v) is 4.12. The summed E-state index contributed by atoms with van der Waals surface area (Å²) in [4.78, 5) is 25.5. The van der Waals surface area contributed by atoms with Crippen molar-refractivity contribution < 1.29 is 28.2 Å². The summed E-state index contributed by atoms with van der Waals surface area (Å²) in [6.45, 7) is 2.51. The van der Waals surface area contributed by atoms with Gasteiger partial charge >= 0.3 is 12.0 Å². The number of carbonyl (C=O) groups is 2. The average molecular weight is 322 g/mol. The van der Waals surface area contributed by atoms with Crippen molar-refractivity contribution in [2.75, 3.05) is 31.6 Å². The zero-order valence-corrected chi connectivity index (χ0v) is 13.3. The van der Waals surface area contributed by atoms with E-state index in [0.29, 0.717) is 0 Å². The predicted molar refractivity (Wildman–Crippen MR) is 75.7 cm³/mol. The first-order chi connectivity index (χ1) is 9.41. The van der Waals surface area contributed by atoms with E-state index >= 15 is 0 Å². The number of likely N-dealkylation sites (N-methyl/N-ethyl adjacent to an activating group) is 1. The summed E-state index contributed by atoms with van der Waals surface area (Å²) in [6, 6.07) is -1.23. The number of aliphatic carboxylic acids is 1. The van der Waals surface area contributed by atoms with E-state index in [2.05, 4.69) is 0 Å². The molecule has 1 unspecified atom stereocenters. The van der Waals surface area contributed by atoms with Gasteiger partial charge in [-0.3, -0.25) is 4.79 Å². The van der Waals surface area contributed by atoms with Gasteiger partial charge in [0.05, 0.1) is 23.7 Å². The first kappa shape index (κ1) is 17.7. The summed E-state index contributed by atoms with van der Waals surface area (Å²) < 4.78 is 23.0. The summed E-state index contributed by atoms with van der Waals surface area (Å²) in [5.41, 5.74) is -1.12. The Balaban J connectivity index is 2.87. The molecule has 1 saturated heterocycles. The first-order valence-corrected chi connectivity index (χ1v) is 8.40. The second-order valence-electron chi connectivity index (χ2n) is 6.03. The molecule has 1 aliphatic heterocycles. The van der Waals surface area contributed by atoms with E-state index < -0.39 is 40.0 Å². The van der Waals surface area contributed by atoms with Crippen LogP contribution in [0.2, 0.25) is 0 Å². The van der Waals surface area contributed by atoms with Gasteiger partial charge in [-0.05, 0) is 20.3 Å². The van der Waals surface area contributed by atoms with Gasteiger partial charge in [0.2, 0.25) is 0 Å². The quantitative estimate of drug-likeness (QED) is 0.697. The molecule has 0 radical (unpaired) electrons. The lowest BCUT2D eigenvalue weighted by Gasteiger charge is -2.33. The van der Waals surface area contributed by atoms with Gasteiger partial charge < -0.3 is 20.0 Å². The molecule has 1 aliphatic rings. The van der Waals surface area contributed by atoms with E-state index in [1.54, 1.807) is 0 Å². The Morgan fingerprint density at radius 3 is 2.29 bits per heavy atom. The molecular formula is C12H22N2O6S. The Morgan fingerprint density at radius 2 is 1.90 bits per heavy atom. The van der Waals surface area contributed by atoms with Crippen LogP contribution < -0.4 is 0 Å². The van der Waals surface area contributed by atoms with Crippen molar-refractivity contribution in [3.8, 4) is 0 Å². The van der Waals surface area contributed by atoms with Gasteiger partial charge in [-0.25, -0.2) is 13.2 Å². The molecule has 0 aromatic carbocycles. The van der Waals surface area contributed by atoms with Gasteiger partial charge in [0, 0.05) is 13.1 Å². The van der Waals surface area contributed by atoms with Crippen LogP contribution in [-0.4, -0.2) is 83.7 Å². The van der Waals surface area contributed by atoms with Crippen LogP contribution in [0.4, 0.5) is 4.79 Å². The fraction of sp³-hybridized carbons (Fsp3) is 0.833. The SMILES string of the molecule is CN(CC(C)(C)O)C(=O)N(CC(=O)O)C1CCS(=O)(=O)C1. The molecule has 9 heteroatoms.